The van der Waals surface area contributed by atoms with Gasteiger partial charge in [-0.05, 0) is 25.8 Å². The van der Waals surface area contributed by atoms with Crippen LogP contribution in [0.1, 0.15) is 45.6 Å². The number of epoxide rings is 1. The van der Waals surface area contributed by atoms with Gasteiger partial charge in [0.25, 0.3) is 0 Å². The molecule has 3 heteroatoms. The number of esters is 1. The van der Waals surface area contributed by atoms with E-state index in [1.165, 1.54) is 0 Å². The van der Waals surface area contributed by atoms with Gasteiger partial charge < -0.3 is 9.47 Å². The fourth-order valence-electron chi connectivity index (χ4n) is 2.38. The van der Waals surface area contributed by atoms with Crippen LogP contribution in [0.25, 0.3) is 0 Å². The minimum Gasteiger partial charge on any atom is -0.460 e. The van der Waals surface area contributed by atoms with Crippen molar-refractivity contribution in [3.05, 3.63) is 35.9 Å². The van der Waals surface area contributed by atoms with Gasteiger partial charge in [0, 0.05) is 0 Å². The minimum atomic E-state index is -0.860. The summed E-state index contributed by atoms with van der Waals surface area (Å²) >= 11 is 0. The zero-order valence-electron chi connectivity index (χ0n) is 11.9. The van der Waals surface area contributed by atoms with Gasteiger partial charge >= 0.3 is 5.97 Å². The zero-order chi connectivity index (χ0) is 13.9. The second-order valence-corrected chi connectivity index (χ2v) is 5.30. The molecule has 0 N–H and O–H groups in total. The van der Waals surface area contributed by atoms with Crippen LogP contribution in [0.4, 0.5) is 0 Å². The quantitative estimate of drug-likeness (QED) is 0.582. The molecule has 1 aromatic rings. The van der Waals surface area contributed by atoms with Gasteiger partial charge in [0.1, 0.15) is 6.10 Å². The summed E-state index contributed by atoms with van der Waals surface area (Å²) in [5.41, 5.74) is 0.0440. The summed E-state index contributed by atoms with van der Waals surface area (Å²) in [6.07, 6.45) is 2.90. The van der Waals surface area contributed by atoms with Gasteiger partial charge in [-0.2, -0.15) is 0 Å². The molecule has 1 aliphatic heterocycles. The van der Waals surface area contributed by atoms with Crippen LogP contribution in [0.3, 0.4) is 0 Å². The second-order valence-electron chi connectivity index (χ2n) is 5.30. The van der Waals surface area contributed by atoms with Crippen LogP contribution >= 0.6 is 0 Å². The largest absolute Gasteiger partial charge is 0.460 e. The predicted molar refractivity (Wildman–Crippen MR) is 73.7 cm³/mol. The second kappa shape index (κ2) is 5.74. The molecule has 3 nitrogen and oxygen atoms in total. The predicted octanol–water partition coefficient (Wildman–Crippen LogP) is 3.42. The number of hydrogen-bond acceptors (Lipinski definition) is 3. The Bertz CT molecular complexity index is 427. The zero-order valence-corrected chi connectivity index (χ0v) is 11.9. The number of ether oxygens (including phenoxy) is 2. The van der Waals surface area contributed by atoms with E-state index in [1.807, 2.05) is 44.2 Å². The van der Waals surface area contributed by atoms with Gasteiger partial charge in [-0.25, -0.2) is 4.79 Å². The first-order valence-electron chi connectivity index (χ1n) is 7.05. The monoisotopic (exact) mass is 262 g/mol. The maximum absolute atomic E-state index is 12.4. The summed E-state index contributed by atoms with van der Waals surface area (Å²) in [4.78, 5) is 12.4. The summed E-state index contributed by atoms with van der Waals surface area (Å²) in [5, 5.41) is 0. The fourth-order valence-corrected chi connectivity index (χ4v) is 2.38. The molecule has 0 spiro atoms. The highest BCUT2D eigenvalue weighted by Gasteiger charge is 2.64. The minimum absolute atomic E-state index is 0.0406. The third kappa shape index (κ3) is 2.81. The maximum Gasteiger partial charge on any atom is 0.346 e. The molecular formula is C16H22O3. The summed E-state index contributed by atoms with van der Waals surface area (Å²) < 4.78 is 11.2. The lowest BCUT2D eigenvalue weighted by atomic mass is 9.93. The van der Waals surface area contributed by atoms with Crippen molar-refractivity contribution in [2.45, 2.75) is 57.8 Å². The van der Waals surface area contributed by atoms with Crippen molar-refractivity contribution >= 4 is 5.97 Å². The topological polar surface area (TPSA) is 38.8 Å². The molecule has 0 radical (unpaired) electrons. The normalized spacial score (nSPS) is 25.4. The molecule has 19 heavy (non-hydrogen) atoms. The van der Waals surface area contributed by atoms with Crippen molar-refractivity contribution < 1.29 is 14.3 Å². The number of carbonyl (C=O) groups excluding carboxylic acids is 1. The van der Waals surface area contributed by atoms with Gasteiger partial charge in [-0.1, -0.05) is 50.1 Å². The average molecular weight is 262 g/mol. The molecule has 0 saturated carbocycles. The highest BCUT2D eigenvalue weighted by atomic mass is 16.7. The van der Waals surface area contributed by atoms with E-state index in [2.05, 4.69) is 6.92 Å². The summed E-state index contributed by atoms with van der Waals surface area (Å²) in [5.74, 6) is -0.255. The van der Waals surface area contributed by atoms with Crippen LogP contribution in [0.5, 0.6) is 0 Å². The Labute approximate surface area is 114 Å². The van der Waals surface area contributed by atoms with Gasteiger partial charge in [-0.3, -0.25) is 0 Å². The van der Waals surface area contributed by atoms with Gasteiger partial charge in [-0.15, -0.1) is 0 Å². The van der Waals surface area contributed by atoms with Crippen LogP contribution < -0.4 is 0 Å². The SMILES string of the molecule is CCCCC1OC1(C(=O)OC(C)C)c1ccccc1. The standard InChI is InChI=1S/C16H22O3/c1-4-5-11-14-16(19-14,15(17)18-12(2)3)13-9-7-6-8-10-13/h6-10,12,14H,4-5,11H2,1-3H3. The molecule has 104 valence electrons. The van der Waals surface area contributed by atoms with Crippen molar-refractivity contribution in [2.75, 3.05) is 0 Å². The Morgan fingerprint density at radius 3 is 2.63 bits per heavy atom. The Kier molecular flexibility index (Phi) is 4.25. The van der Waals surface area contributed by atoms with Crippen molar-refractivity contribution in [3.8, 4) is 0 Å². The first kappa shape index (κ1) is 14.1. The molecule has 1 aliphatic rings. The van der Waals surface area contributed by atoms with E-state index in [9.17, 15) is 4.79 Å². The first-order valence-corrected chi connectivity index (χ1v) is 7.05. The Balaban J connectivity index is 2.19. The molecule has 0 bridgehead atoms. The number of rotatable bonds is 6. The van der Waals surface area contributed by atoms with E-state index >= 15 is 0 Å². The van der Waals surface area contributed by atoms with Crippen molar-refractivity contribution in [1.82, 2.24) is 0 Å². The van der Waals surface area contributed by atoms with Gasteiger partial charge in [0.15, 0.2) is 0 Å². The van der Waals surface area contributed by atoms with Crippen molar-refractivity contribution in [3.63, 3.8) is 0 Å². The highest BCUT2D eigenvalue weighted by molar-refractivity contribution is 5.85. The molecule has 1 heterocycles. The smallest absolute Gasteiger partial charge is 0.346 e. The van der Waals surface area contributed by atoms with E-state index in [1.54, 1.807) is 0 Å². The number of carbonyl (C=O) groups is 1. The van der Waals surface area contributed by atoms with Crippen LogP contribution in [0.2, 0.25) is 0 Å². The maximum atomic E-state index is 12.4. The summed E-state index contributed by atoms with van der Waals surface area (Å²) in [6.45, 7) is 5.86. The number of hydrogen-bond donors (Lipinski definition) is 0. The third-order valence-electron chi connectivity index (χ3n) is 3.39. The molecule has 1 aromatic carbocycles. The van der Waals surface area contributed by atoms with E-state index in [0.29, 0.717) is 0 Å². The lowest BCUT2D eigenvalue weighted by Gasteiger charge is -2.15. The van der Waals surface area contributed by atoms with E-state index in [4.69, 9.17) is 9.47 Å². The van der Waals surface area contributed by atoms with Crippen LogP contribution in [-0.2, 0) is 19.9 Å². The number of benzene rings is 1. The summed E-state index contributed by atoms with van der Waals surface area (Å²) in [7, 11) is 0. The van der Waals surface area contributed by atoms with Gasteiger partial charge in [0.05, 0.1) is 6.10 Å². The average Bonchev–Trinajstić information content (AvgIpc) is 3.12. The molecule has 1 fully saturated rings. The summed E-state index contributed by atoms with van der Waals surface area (Å²) in [6, 6.07) is 9.67. The Morgan fingerprint density at radius 2 is 2.05 bits per heavy atom. The molecular weight excluding hydrogens is 240 g/mol. The van der Waals surface area contributed by atoms with Crippen LogP contribution in [0.15, 0.2) is 30.3 Å². The van der Waals surface area contributed by atoms with E-state index in [-0.39, 0.29) is 18.2 Å². The molecule has 2 atom stereocenters. The Hall–Kier alpha value is -1.35. The van der Waals surface area contributed by atoms with Crippen LogP contribution in [0, 0.1) is 0 Å². The first-order chi connectivity index (χ1) is 9.11. The lowest BCUT2D eigenvalue weighted by molar-refractivity contribution is -0.154. The van der Waals surface area contributed by atoms with Crippen LogP contribution in [-0.4, -0.2) is 18.2 Å². The highest BCUT2D eigenvalue weighted by Crippen LogP contribution is 2.49. The van der Waals surface area contributed by atoms with E-state index in [0.717, 1.165) is 24.8 Å². The molecule has 0 aromatic heterocycles. The third-order valence-corrected chi connectivity index (χ3v) is 3.39. The Morgan fingerprint density at radius 1 is 1.37 bits per heavy atom. The molecule has 2 rings (SSSR count). The molecule has 0 amide bonds. The molecule has 0 aliphatic carbocycles. The number of unbranched alkanes of at least 4 members (excludes halogenated alkanes) is 1. The van der Waals surface area contributed by atoms with Crippen molar-refractivity contribution in [1.29, 1.82) is 0 Å². The van der Waals surface area contributed by atoms with E-state index < -0.39 is 5.60 Å². The molecule has 1 saturated heterocycles. The lowest BCUT2D eigenvalue weighted by Crippen LogP contribution is -2.29. The van der Waals surface area contributed by atoms with Crippen molar-refractivity contribution in [2.24, 2.45) is 0 Å². The molecule has 2 unspecified atom stereocenters. The van der Waals surface area contributed by atoms with Gasteiger partial charge in [0.2, 0.25) is 5.60 Å². The fraction of sp³-hybridized carbons (Fsp3) is 0.562.